The van der Waals surface area contributed by atoms with E-state index in [2.05, 4.69) is 5.10 Å². The molecule has 0 spiro atoms. The molecule has 0 aliphatic heterocycles. The van der Waals surface area contributed by atoms with Crippen molar-refractivity contribution in [1.29, 1.82) is 0 Å². The molecule has 1 N–H and O–H groups in total. The smallest absolute Gasteiger partial charge is 0.0654 e. The van der Waals surface area contributed by atoms with Crippen LogP contribution in [0.1, 0.15) is 24.6 Å². The van der Waals surface area contributed by atoms with Crippen LogP contribution in [0.15, 0.2) is 6.20 Å². The topological polar surface area (TPSA) is 38.0 Å². The highest BCUT2D eigenvalue weighted by Crippen LogP contribution is 2.07. The molecule has 0 aliphatic carbocycles. The normalized spacial score (nSPS) is 13.3. The molecule has 0 saturated heterocycles. The van der Waals surface area contributed by atoms with E-state index in [1.165, 1.54) is 5.56 Å². The van der Waals surface area contributed by atoms with Crippen molar-refractivity contribution in [2.24, 2.45) is 7.05 Å². The fourth-order valence-corrected chi connectivity index (χ4v) is 1.25. The van der Waals surface area contributed by atoms with Crippen LogP contribution in [0.4, 0.5) is 0 Å². The summed E-state index contributed by atoms with van der Waals surface area (Å²) in [6.45, 7) is 3.85. The summed E-state index contributed by atoms with van der Waals surface area (Å²) in [5.74, 6) is 0. The maximum Gasteiger partial charge on any atom is 0.0654 e. The van der Waals surface area contributed by atoms with Gasteiger partial charge in [-0.2, -0.15) is 5.10 Å². The first-order valence-electron chi connectivity index (χ1n) is 4.27. The Bertz CT molecular complexity index is 253. The van der Waals surface area contributed by atoms with Crippen LogP contribution in [0.2, 0.25) is 0 Å². The molecule has 0 saturated carbocycles. The molecule has 3 nitrogen and oxygen atoms in total. The van der Waals surface area contributed by atoms with Crippen LogP contribution in [0.25, 0.3) is 0 Å². The molecule has 0 aliphatic rings. The first kappa shape index (κ1) is 9.26. The van der Waals surface area contributed by atoms with E-state index in [9.17, 15) is 0 Å². The van der Waals surface area contributed by atoms with E-state index < -0.39 is 0 Å². The van der Waals surface area contributed by atoms with Gasteiger partial charge in [0, 0.05) is 13.2 Å². The highest BCUT2D eigenvalue weighted by molar-refractivity contribution is 5.14. The number of aryl methyl sites for hydroxylation is 3. The average molecular weight is 168 g/mol. The Morgan fingerprint density at radius 2 is 2.33 bits per heavy atom. The fourth-order valence-electron chi connectivity index (χ4n) is 1.25. The number of hydrogen-bond donors (Lipinski definition) is 1. The van der Waals surface area contributed by atoms with Crippen LogP contribution in [-0.2, 0) is 13.5 Å². The Kier molecular flexibility index (Phi) is 2.87. The van der Waals surface area contributed by atoms with Crippen molar-refractivity contribution < 1.29 is 5.11 Å². The number of rotatable bonds is 3. The number of hydrogen-bond acceptors (Lipinski definition) is 2. The lowest BCUT2D eigenvalue weighted by Gasteiger charge is -2.01. The number of nitrogens with zero attached hydrogens (tertiary/aromatic N) is 2. The lowest BCUT2D eigenvalue weighted by Crippen LogP contribution is -2.02. The van der Waals surface area contributed by atoms with Gasteiger partial charge in [0.15, 0.2) is 0 Å². The van der Waals surface area contributed by atoms with Crippen LogP contribution in [-0.4, -0.2) is 21.0 Å². The summed E-state index contributed by atoms with van der Waals surface area (Å²) < 4.78 is 1.81. The summed E-state index contributed by atoms with van der Waals surface area (Å²) in [7, 11) is 1.92. The summed E-state index contributed by atoms with van der Waals surface area (Å²) in [6.07, 6.45) is 3.42. The minimum absolute atomic E-state index is 0.230. The van der Waals surface area contributed by atoms with Crippen molar-refractivity contribution >= 4 is 0 Å². The van der Waals surface area contributed by atoms with E-state index in [4.69, 9.17) is 5.11 Å². The maximum atomic E-state index is 9.08. The Morgan fingerprint density at radius 1 is 1.67 bits per heavy atom. The summed E-state index contributed by atoms with van der Waals surface area (Å²) in [4.78, 5) is 0. The SMILES string of the molecule is Cc1cn(C)nc1CCC(C)O. The van der Waals surface area contributed by atoms with E-state index in [-0.39, 0.29) is 6.10 Å². The van der Waals surface area contributed by atoms with Gasteiger partial charge in [-0.3, -0.25) is 4.68 Å². The van der Waals surface area contributed by atoms with Crippen LogP contribution in [0, 0.1) is 6.92 Å². The molecule has 1 aromatic rings. The van der Waals surface area contributed by atoms with Crippen molar-refractivity contribution in [1.82, 2.24) is 9.78 Å². The van der Waals surface area contributed by atoms with Crippen LogP contribution in [0.3, 0.4) is 0 Å². The fraction of sp³-hybridized carbons (Fsp3) is 0.667. The van der Waals surface area contributed by atoms with Gasteiger partial charge in [0.05, 0.1) is 11.8 Å². The minimum atomic E-state index is -0.230. The van der Waals surface area contributed by atoms with E-state index in [1.807, 2.05) is 24.9 Å². The zero-order valence-electron chi connectivity index (χ0n) is 7.91. The predicted octanol–water partition coefficient (Wildman–Crippen LogP) is 1.04. The Hall–Kier alpha value is -0.830. The molecule has 68 valence electrons. The molecule has 1 atom stereocenters. The Morgan fingerprint density at radius 3 is 2.75 bits per heavy atom. The zero-order chi connectivity index (χ0) is 9.14. The van der Waals surface area contributed by atoms with Crippen molar-refractivity contribution in [2.45, 2.75) is 32.8 Å². The average Bonchev–Trinajstić information content (AvgIpc) is 2.26. The van der Waals surface area contributed by atoms with Crippen LogP contribution in [0.5, 0.6) is 0 Å². The Labute approximate surface area is 73.0 Å². The largest absolute Gasteiger partial charge is 0.393 e. The van der Waals surface area contributed by atoms with Gasteiger partial charge in [-0.25, -0.2) is 0 Å². The van der Waals surface area contributed by atoms with Gasteiger partial charge in [0.25, 0.3) is 0 Å². The van der Waals surface area contributed by atoms with Crippen molar-refractivity contribution in [3.8, 4) is 0 Å². The van der Waals surface area contributed by atoms with Crippen molar-refractivity contribution in [3.05, 3.63) is 17.5 Å². The highest BCUT2D eigenvalue weighted by atomic mass is 16.3. The van der Waals surface area contributed by atoms with Gasteiger partial charge >= 0.3 is 0 Å². The summed E-state index contributed by atoms with van der Waals surface area (Å²) >= 11 is 0. The third kappa shape index (κ3) is 2.34. The molecule has 1 rings (SSSR count). The molecule has 0 aromatic carbocycles. The van der Waals surface area contributed by atoms with Gasteiger partial charge in [0.2, 0.25) is 0 Å². The summed E-state index contributed by atoms with van der Waals surface area (Å²) in [5.41, 5.74) is 2.30. The molecule has 1 heterocycles. The number of aliphatic hydroxyl groups is 1. The molecule has 0 fully saturated rings. The molecular weight excluding hydrogens is 152 g/mol. The van der Waals surface area contributed by atoms with E-state index in [1.54, 1.807) is 6.92 Å². The molecular formula is C9H16N2O. The summed E-state index contributed by atoms with van der Waals surface area (Å²) in [5, 5.41) is 13.4. The maximum absolute atomic E-state index is 9.08. The molecule has 0 amide bonds. The third-order valence-corrected chi connectivity index (χ3v) is 1.91. The molecule has 0 bridgehead atoms. The molecule has 1 aromatic heterocycles. The first-order chi connectivity index (χ1) is 5.59. The van der Waals surface area contributed by atoms with Gasteiger partial charge in [-0.05, 0) is 32.3 Å². The zero-order valence-corrected chi connectivity index (χ0v) is 7.91. The Balaban J connectivity index is 2.57. The molecule has 3 heteroatoms. The minimum Gasteiger partial charge on any atom is -0.393 e. The summed E-state index contributed by atoms with van der Waals surface area (Å²) in [6, 6.07) is 0. The monoisotopic (exact) mass is 168 g/mol. The van der Waals surface area contributed by atoms with Gasteiger partial charge in [-0.1, -0.05) is 0 Å². The van der Waals surface area contributed by atoms with E-state index in [0.29, 0.717) is 0 Å². The van der Waals surface area contributed by atoms with Gasteiger partial charge < -0.3 is 5.11 Å². The standard InChI is InChI=1S/C9H16N2O/c1-7-6-11(3)10-9(7)5-4-8(2)12/h6,8,12H,4-5H2,1-3H3. The van der Waals surface area contributed by atoms with Crippen molar-refractivity contribution in [2.75, 3.05) is 0 Å². The quantitative estimate of drug-likeness (QED) is 0.732. The van der Waals surface area contributed by atoms with Crippen LogP contribution >= 0.6 is 0 Å². The molecule has 12 heavy (non-hydrogen) atoms. The second-order valence-electron chi connectivity index (χ2n) is 3.32. The van der Waals surface area contributed by atoms with E-state index >= 15 is 0 Å². The van der Waals surface area contributed by atoms with Crippen LogP contribution < -0.4 is 0 Å². The lowest BCUT2D eigenvalue weighted by molar-refractivity contribution is 0.184. The molecule has 1 unspecified atom stereocenters. The van der Waals surface area contributed by atoms with Crippen molar-refractivity contribution in [3.63, 3.8) is 0 Å². The number of aromatic nitrogens is 2. The second kappa shape index (κ2) is 3.72. The van der Waals surface area contributed by atoms with Gasteiger partial charge in [0.1, 0.15) is 0 Å². The number of aliphatic hydroxyl groups excluding tert-OH is 1. The lowest BCUT2D eigenvalue weighted by atomic mass is 10.1. The van der Waals surface area contributed by atoms with E-state index in [0.717, 1.165) is 18.5 Å². The molecule has 0 radical (unpaired) electrons. The van der Waals surface area contributed by atoms with Gasteiger partial charge in [-0.15, -0.1) is 0 Å². The second-order valence-corrected chi connectivity index (χ2v) is 3.32. The third-order valence-electron chi connectivity index (χ3n) is 1.91. The first-order valence-corrected chi connectivity index (χ1v) is 4.27. The highest BCUT2D eigenvalue weighted by Gasteiger charge is 2.04. The predicted molar refractivity (Wildman–Crippen MR) is 47.9 cm³/mol.